The van der Waals surface area contributed by atoms with Gasteiger partial charge in [-0.25, -0.2) is 4.79 Å². The van der Waals surface area contributed by atoms with Gasteiger partial charge in [0.2, 0.25) is 0 Å². The fourth-order valence-corrected chi connectivity index (χ4v) is 1.86. The van der Waals surface area contributed by atoms with Crippen LogP contribution in [-0.2, 0) is 16.0 Å². The molecule has 1 unspecified atom stereocenters. The van der Waals surface area contributed by atoms with Crippen molar-refractivity contribution in [1.82, 2.24) is 5.32 Å². The van der Waals surface area contributed by atoms with Gasteiger partial charge in [0.15, 0.2) is 0 Å². The summed E-state index contributed by atoms with van der Waals surface area (Å²) in [7, 11) is 0. The Morgan fingerprint density at radius 3 is 2.36 bits per heavy atom. The number of hydrogen-bond donors (Lipinski definition) is 2. The third-order valence-corrected chi connectivity index (χ3v) is 2.71. The van der Waals surface area contributed by atoms with E-state index in [-0.39, 0.29) is 6.42 Å². The average molecular weight is 304 g/mol. The Morgan fingerprint density at radius 2 is 1.91 bits per heavy atom. The van der Waals surface area contributed by atoms with Crippen LogP contribution in [0.3, 0.4) is 0 Å². The van der Waals surface area contributed by atoms with Gasteiger partial charge in [-0.05, 0) is 44.9 Å². The highest BCUT2D eigenvalue weighted by molar-refractivity contribution is 5.71. The maximum atomic E-state index is 11.8. The molecule has 1 aromatic rings. The number of carbonyl (C=O) groups excluding carboxylic acids is 1. The molecule has 0 saturated heterocycles. The number of carboxylic acids is 1. The number of carboxylic acid groups (broad SMARTS) is 1. The molecule has 0 spiro atoms. The molecule has 0 fully saturated rings. The van der Waals surface area contributed by atoms with Gasteiger partial charge in [0.05, 0.1) is 18.1 Å². The van der Waals surface area contributed by atoms with Crippen molar-refractivity contribution < 1.29 is 19.4 Å². The highest BCUT2D eigenvalue weighted by atomic mass is 16.6. The molecule has 0 aliphatic rings. The quantitative estimate of drug-likeness (QED) is 0.870. The van der Waals surface area contributed by atoms with Crippen LogP contribution in [0, 0.1) is 11.3 Å². The third kappa shape index (κ3) is 6.75. The molecule has 2 N–H and O–H groups in total. The van der Waals surface area contributed by atoms with Gasteiger partial charge in [-0.1, -0.05) is 12.1 Å². The lowest BCUT2D eigenvalue weighted by molar-refractivity contribution is -0.137. The van der Waals surface area contributed by atoms with Gasteiger partial charge in [0.25, 0.3) is 0 Å². The fraction of sp³-hybridized carbons (Fsp3) is 0.438. The summed E-state index contributed by atoms with van der Waals surface area (Å²) in [4.78, 5) is 22.7. The molecular formula is C16H20N2O4. The molecule has 0 bridgehead atoms. The summed E-state index contributed by atoms with van der Waals surface area (Å²) in [5.74, 6) is -1.00. The minimum absolute atomic E-state index is 0.209. The van der Waals surface area contributed by atoms with Crippen LogP contribution < -0.4 is 5.32 Å². The van der Waals surface area contributed by atoms with Crippen LogP contribution in [0.15, 0.2) is 24.3 Å². The molecule has 6 heteroatoms. The summed E-state index contributed by atoms with van der Waals surface area (Å²) in [6.45, 7) is 5.21. The SMILES string of the molecule is CC(C)(C)OC(=O)NC(CC(=O)O)Cc1ccc(C#N)cc1. The first-order chi connectivity index (χ1) is 10.2. The second-order valence-electron chi connectivity index (χ2n) is 5.95. The van der Waals surface area contributed by atoms with Crippen molar-refractivity contribution in [3.63, 3.8) is 0 Å². The van der Waals surface area contributed by atoms with Crippen LogP contribution in [0.2, 0.25) is 0 Å². The largest absolute Gasteiger partial charge is 0.481 e. The van der Waals surface area contributed by atoms with Crippen molar-refractivity contribution >= 4 is 12.1 Å². The first kappa shape index (κ1) is 17.5. The summed E-state index contributed by atoms with van der Waals surface area (Å²) < 4.78 is 5.14. The lowest BCUT2D eigenvalue weighted by Gasteiger charge is -2.23. The van der Waals surface area contributed by atoms with E-state index in [1.54, 1.807) is 45.0 Å². The number of nitrogens with zero attached hydrogens (tertiary/aromatic N) is 1. The fourth-order valence-electron chi connectivity index (χ4n) is 1.86. The van der Waals surface area contributed by atoms with Crippen LogP contribution in [-0.4, -0.2) is 28.8 Å². The minimum Gasteiger partial charge on any atom is -0.481 e. The standard InChI is InChI=1S/C16H20N2O4/c1-16(2,3)22-15(21)18-13(9-14(19)20)8-11-4-6-12(10-17)7-5-11/h4-7,13H,8-9H2,1-3H3,(H,18,21)(H,19,20). The maximum Gasteiger partial charge on any atom is 0.407 e. The lowest BCUT2D eigenvalue weighted by Crippen LogP contribution is -2.41. The highest BCUT2D eigenvalue weighted by Gasteiger charge is 2.21. The van der Waals surface area contributed by atoms with E-state index in [1.165, 1.54) is 0 Å². The molecule has 6 nitrogen and oxygen atoms in total. The molecule has 1 aromatic carbocycles. The van der Waals surface area contributed by atoms with Crippen molar-refractivity contribution in [2.75, 3.05) is 0 Å². The number of benzene rings is 1. The van der Waals surface area contributed by atoms with Gasteiger partial charge in [-0.15, -0.1) is 0 Å². The Labute approximate surface area is 129 Å². The van der Waals surface area contributed by atoms with E-state index in [0.29, 0.717) is 12.0 Å². The van der Waals surface area contributed by atoms with Crippen molar-refractivity contribution in [1.29, 1.82) is 5.26 Å². The number of hydrogen-bond acceptors (Lipinski definition) is 4. The molecule has 0 heterocycles. The minimum atomic E-state index is -1.00. The second kappa shape index (κ2) is 7.46. The number of carbonyl (C=O) groups is 2. The number of aliphatic carboxylic acids is 1. The van der Waals surface area contributed by atoms with E-state index in [9.17, 15) is 9.59 Å². The Morgan fingerprint density at radius 1 is 1.32 bits per heavy atom. The van der Waals surface area contributed by atoms with E-state index < -0.39 is 23.7 Å². The van der Waals surface area contributed by atoms with Crippen LogP contribution in [0.4, 0.5) is 4.79 Å². The molecular weight excluding hydrogens is 284 g/mol. The Balaban J connectivity index is 2.73. The van der Waals surface area contributed by atoms with Gasteiger partial charge in [0, 0.05) is 6.04 Å². The number of alkyl carbamates (subject to hydrolysis) is 1. The molecule has 1 atom stereocenters. The maximum absolute atomic E-state index is 11.8. The zero-order valence-corrected chi connectivity index (χ0v) is 12.9. The van der Waals surface area contributed by atoms with E-state index in [0.717, 1.165) is 5.56 Å². The van der Waals surface area contributed by atoms with Crippen LogP contribution in [0.5, 0.6) is 0 Å². The molecule has 0 radical (unpaired) electrons. The molecule has 0 aromatic heterocycles. The predicted molar refractivity (Wildman–Crippen MR) is 80.3 cm³/mol. The molecule has 118 valence electrons. The van der Waals surface area contributed by atoms with Gasteiger partial charge in [-0.3, -0.25) is 4.79 Å². The molecule has 1 amide bonds. The van der Waals surface area contributed by atoms with E-state index in [2.05, 4.69) is 5.32 Å². The highest BCUT2D eigenvalue weighted by Crippen LogP contribution is 2.11. The number of nitrogens with one attached hydrogen (secondary N) is 1. The van der Waals surface area contributed by atoms with Crippen LogP contribution in [0.1, 0.15) is 38.3 Å². The Kier molecular flexibility index (Phi) is 5.93. The summed E-state index contributed by atoms with van der Waals surface area (Å²) in [5, 5.41) is 20.3. The van der Waals surface area contributed by atoms with Crippen molar-refractivity contribution in [2.45, 2.75) is 45.3 Å². The average Bonchev–Trinajstić information content (AvgIpc) is 2.36. The van der Waals surface area contributed by atoms with Crippen LogP contribution in [0.25, 0.3) is 0 Å². The summed E-state index contributed by atoms with van der Waals surface area (Å²) in [6.07, 6.45) is -0.511. The van der Waals surface area contributed by atoms with Crippen LogP contribution >= 0.6 is 0 Å². The number of ether oxygens (including phenoxy) is 1. The second-order valence-corrected chi connectivity index (χ2v) is 5.95. The van der Waals surface area contributed by atoms with E-state index >= 15 is 0 Å². The number of rotatable bonds is 5. The molecule has 22 heavy (non-hydrogen) atoms. The zero-order valence-electron chi connectivity index (χ0n) is 12.9. The molecule has 0 aliphatic heterocycles. The van der Waals surface area contributed by atoms with Gasteiger partial charge < -0.3 is 15.2 Å². The molecule has 1 rings (SSSR count). The smallest absolute Gasteiger partial charge is 0.407 e. The van der Waals surface area contributed by atoms with Gasteiger partial charge >= 0.3 is 12.1 Å². The first-order valence-corrected chi connectivity index (χ1v) is 6.90. The summed E-state index contributed by atoms with van der Waals surface area (Å²) >= 11 is 0. The topological polar surface area (TPSA) is 99.4 Å². The Hall–Kier alpha value is -2.55. The van der Waals surface area contributed by atoms with E-state index in [1.807, 2.05) is 6.07 Å². The summed E-state index contributed by atoms with van der Waals surface area (Å²) in [6, 6.07) is 8.22. The normalized spacial score (nSPS) is 12.1. The van der Waals surface area contributed by atoms with Crippen molar-refractivity contribution in [3.8, 4) is 6.07 Å². The molecule has 0 saturated carbocycles. The number of nitriles is 1. The summed E-state index contributed by atoms with van der Waals surface area (Å²) in [5.41, 5.74) is 0.715. The predicted octanol–water partition coefficient (Wildman–Crippen LogP) is 2.47. The first-order valence-electron chi connectivity index (χ1n) is 6.90. The van der Waals surface area contributed by atoms with Crippen molar-refractivity contribution in [3.05, 3.63) is 35.4 Å². The zero-order chi connectivity index (χ0) is 16.8. The van der Waals surface area contributed by atoms with Crippen molar-refractivity contribution in [2.24, 2.45) is 0 Å². The third-order valence-electron chi connectivity index (χ3n) is 2.71. The Bertz CT molecular complexity index is 567. The van der Waals surface area contributed by atoms with E-state index in [4.69, 9.17) is 15.1 Å². The van der Waals surface area contributed by atoms with Gasteiger partial charge in [-0.2, -0.15) is 5.26 Å². The monoisotopic (exact) mass is 304 g/mol. The lowest BCUT2D eigenvalue weighted by atomic mass is 10.0. The van der Waals surface area contributed by atoms with Gasteiger partial charge in [0.1, 0.15) is 5.60 Å². The number of amides is 1. The molecule has 0 aliphatic carbocycles.